The Morgan fingerprint density at radius 2 is 1.23 bits per heavy atom. The Morgan fingerprint density at radius 3 is 1.88 bits per heavy atom. The van der Waals surface area contributed by atoms with Gasteiger partial charge in [0.1, 0.15) is 17.2 Å². The van der Waals surface area contributed by atoms with Crippen LogP contribution in [0, 0.1) is 0 Å². The predicted molar refractivity (Wildman–Crippen MR) is 104 cm³/mol. The number of para-hydroxylation sites is 3. The van der Waals surface area contributed by atoms with E-state index < -0.39 is 0 Å². The third kappa shape index (κ3) is 2.86. The van der Waals surface area contributed by atoms with E-state index >= 15 is 0 Å². The third-order valence-electron chi connectivity index (χ3n) is 4.30. The van der Waals surface area contributed by atoms with E-state index in [1.807, 2.05) is 72.8 Å². The van der Waals surface area contributed by atoms with Gasteiger partial charge in [0.2, 0.25) is 0 Å². The van der Waals surface area contributed by atoms with Crippen LogP contribution in [-0.2, 0) is 0 Å². The zero-order valence-electron chi connectivity index (χ0n) is 14.6. The molecule has 0 amide bonds. The van der Waals surface area contributed by atoms with E-state index in [1.54, 1.807) is 14.2 Å². The van der Waals surface area contributed by atoms with Crippen LogP contribution in [0.5, 0.6) is 11.5 Å². The minimum Gasteiger partial charge on any atom is -0.497 e. The molecule has 0 aliphatic rings. The first-order valence-corrected chi connectivity index (χ1v) is 8.35. The van der Waals surface area contributed by atoms with Crippen LogP contribution >= 0.6 is 0 Å². The van der Waals surface area contributed by atoms with Gasteiger partial charge in [-0.1, -0.05) is 24.3 Å². The minimum absolute atomic E-state index is 0.770. The van der Waals surface area contributed by atoms with Crippen LogP contribution in [0.4, 0.5) is 0 Å². The lowest BCUT2D eigenvalue weighted by Crippen LogP contribution is -1.97. The number of hydrogen-bond donors (Lipinski definition) is 0. The van der Waals surface area contributed by atoms with Gasteiger partial charge in [0, 0.05) is 11.1 Å². The molecule has 0 saturated heterocycles. The Balaban J connectivity index is 2.00. The second kappa shape index (κ2) is 6.84. The van der Waals surface area contributed by atoms with Crippen molar-refractivity contribution in [3.05, 3.63) is 72.8 Å². The van der Waals surface area contributed by atoms with Crippen molar-refractivity contribution in [2.75, 3.05) is 14.2 Å². The monoisotopic (exact) mass is 342 g/mol. The van der Waals surface area contributed by atoms with E-state index in [4.69, 9.17) is 19.4 Å². The summed E-state index contributed by atoms with van der Waals surface area (Å²) < 4.78 is 10.8. The zero-order valence-corrected chi connectivity index (χ0v) is 14.6. The lowest BCUT2D eigenvalue weighted by molar-refractivity contribution is 0.415. The lowest BCUT2D eigenvalue weighted by atomic mass is 10.0. The van der Waals surface area contributed by atoms with Crippen molar-refractivity contribution in [1.29, 1.82) is 0 Å². The van der Waals surface area contributed by atoms with Crippen LogP contribution in [-0.4, -0.2) is 24.2 Å². The van der Waals surface area contributed by atoms with Gasteiger partial charge in [0.05, 0.1) is 30.9 Å². The molecule has 26 heavy (non-hydrogen) atoms. The molecule has 0 aliphatic carbocycles. The third-order valence-corrected chi connectivity index (χ3v) is 4.30. The second-order valence-corrected chi connectivity index (χ2v) is 5.84. The molecule has 4 rings (SSSR count). The van der Waals surface area contributed by atoms with Gasteiger partial charge in [0.25, 0.3) is 0 Å². The summed E-state index contributed by atoms with van der Waals surface area (Å²) in [5, 5.41) is 0. The van der Waals surface area contributed by atoms with Gasteiger partial charge in [-0.2, -0.15) is 0 Å². The fourth-order valence-corrected chi connectivity index (χ4v) is 2.98. The SMILES string of the molecule is COc1ccc(-c2nc3ccccc3nc2-c2ccccc2OC)cc1. The average molecular weight is 342 g/mol. The maximum Gasteiger partial charge on any atom is 0.128 e. The summed E-state index contributed by atoms with van der Waals surface area (Å²) in [7, 11) is 3.32. The Hall–Kier alpha value is -3.40. The minimum atomic E-state index is 0.770. The number of benzene rings is 3. The van der Waals surface area contributed by atoms with E-state index in [-0.39, 0.29) is 0 Å². The van der Waals surface area contributed by atoms with Gasteiger partial charge in [-0.25, -0.2) is 9.97 Å². The molecule has 128 valence electrons. The highest BCUT2D eigenvalue weighted by atomic mass is 16.5. The normalized spacial score (nSPS) is 10.7. The molecule has 0 atom stereocenters. The van der Waals surface area contributed by atoms with Gasteiger partial charge in [-0.15, -0.1) is 0 Å². The van der Waals surface area contributed by atoms with Crippen LogP contribution in [0.1, 0.15) is 0 Å². The number of nitrogens with zero attached hydrogens (tertiary/aromatic N) is 2. The molecule has 4 heteroatoms. The molecular weight excluding hydrogens is 324 g/mol. The molecule has 4 nitrogen and oxygen atoms in total. The van der Waals surface area contributed by atoms with E-state index in [0.717, 1.165) is 45.0 Å². The highest BCUT2D eigenvalue weighted by molar-refractivity contribution is 5.87. The largest absolute Gasteiger partial charge is 0.497 e. The van der Waals surface area contributed by atoms with E-state index in [2.05, 4.69) is 0 Å². The first-order valence-electron chi connectivity index (χ1n) is 8.35. The number of aromatic nitrogens is 2. The van der Waals surface area contributed by atoms with Crippen molar-refractivity contribution in [3.63, 3.8) is 0 Å². The summed E-state index contributed by atoms with van der Waals surface area (Å²) in [5.74, 6) is 1.58. The summed E-state index contributed by atoms with van der Waals surface area (Å²) in [6.45, 7) is 0. The highest BCUT2D eigenvalue weighted by Gasteiger charge is 2.16. The van der Waals surface area contributed by atoms with Crippen molar-refractivity contribution in [1.82, 2.24) is 9.97 Å². The summed E-state index contributed by atoms with van der Waals surface area (Å²) in [4.78, 5) is 9.79. The van der Waals surface area contributed by atoms with Gasteiger partial charge in [-0.3, -0.25) is 0 Å². The van der Waals surface area contributed by atoms with Crippen LogP contribution in [0.2, 0.25) is 0 Å². The number of hydrogen-bond acceptors (Lipinski definition) is 4. The van der Waals surface area contributed by atoms with Crippen molar-refractivity contribution < 1.29 is 9.47 Å². The van der Waals surface area contributed by atoms with Crippen LogP contribution in [0.15, 0.2) is 72.8 Å². The van der Waals surface area contributed by atoms with Crippen molar-refractivity contribution in [2.24, 2.45) is 0 Å². The topological polar surface area (TPSA) is 44.2 Å². The quantitative estimate of drug-likeness (QED) is 0.524. The highest BCUT2D eigenvalue weighted by Crippen LogP contribution is 2.36. The standard InChI is InChI=1S/C22H18N2O2/c1-25-16-13-11-15(12-14-16)21-22(17-7-3-6-10-20(17)26-2)24-19-9-5-4-8-18(19)23-21/h3-14H,1-2H3. The molecule has 0 unspecified atom stereocenters. The van der Waals surface area contributed by atoms with Crippen molar-refractivity contribution in [3.8, 4) is 34.0 Å². The summed E-state index contributed by atoms with van der Waals surface area (Å²) in [5.41, 5.74) is 5.22. The molecule has 1 aromatic heterocycles. The summed E-state index contributed by atoms with van der Waals surface area (Å²) in [6.07, 6.45) is 0. The number of ether oxygens (including phenoxy) is 2. The Morgan fingerprint density at radius 1 is 0.615 bits per heavy atom. The van der Waals surface area contributed by atoms with Gasteiger partial charge in [-0.05, 0) is 48.5 Å². The Kier molecular flexibility index (Phi) is 4.23. The van der Waals surface area contributed by atoms with E-state index in [0.29, 0.717) is 0 Å². The summed E-state index contributed by atoms with van der Waals surface area (Å²) in [6, 6.07) is 23.6. The van der Waals surface area contributed by atoms with Crippen LogP contribution in [0.3, 0.4) is 0 Å². The number of fused-ring (bicyclic) bond motifs is 1. The smallest absolute Gasteiger partial charge is 0.128 e. The molecule has 0 spiro atoms. The molecule has 0 N–H and O–H groups in total. The molecule has 1 heterocycles. The lowest BCUT2D eigenvalue weighted by Gasteiger charge is -2.13. The van der Waals surface area contributed by atoms with Crippen molar-refractivity contribution in [2.45, 2.75) is 0 Å². The second-order valence-electron chi connectivity index (χ2n) is 5.84. The van der Waals surface area contributed by atoms with Gasteiger partial charge in [0.15, 0.2) is 0 Å². The predicted octanol–water partition coefficient (Wildman–Crippen LogP) is 4.98. The average Bonchev–Trinajstić information content (AvgIpc) is 2.73. The fourth-order valence-electron chi connectivity index (χ4n) is 2.98. The molecule has 3 aromatic carbocycles. The maximum atomic E-state index is 5.55. The Labute approximate surface area is 152 Å². The first kappa shape index (κ1) is 16.1. The molecule has 0 bridgehead atoms. The van der Waals surface area contributed by atoms with Gasteiger partial charge < -0.3 is 9.47 Å². The first-order chi connectivity index (χ1) is 12.8. The van der Waals surface area contributed by atoms with Crippen LogP contribution < -0.4 is 9.47 Å². The molecule has 4 aromatic rings. The number of rotatable bonds is 4. The Bertz CT molecular complexity index is 1060. The zero-order chi connectivity index (χ0) is 17.9. The molecular formula is C22H18N2O2. The number of methoxy groups -OCH3 is 2. The molecule has 0 saturated carbocycles. The summed E-state index contributed by atoms with van der Waals surface area (Å²) >= 11 is 0. The van der Waals surface area contributed by atoms with Crippen molar-refractivity contribution >= 4 is 11.0 Å². The van der Waals surface area contributed by atoms with E-state index in [1.165, 1.54) is 0 Å². The fraction of sp³-hybridized carbons (Fsp3) is 0.0909. The molecule has 0 fully saturated rings. The van der Waals surface area contributed by atoms with E-state index in [9.17, 15) is 0 Å². The maximum absolute atomic E-state index is 5.55. The molecule has 0 aliphatic heterocycles. The molecule has 0 radical (unpaired) electrons. The van der Waals surface area contributed by atoms with Crippen LogP contribution in [0.25, 0.3) is 33.5 Å². The van der Waals surface area contributed by atoms with Gasteiger partial charge >= 0.3 is 0 Å².